The maximum atomic E-state index is 13.4. The molecule has 3 aromatic carbocycles. The zero-order valence-corrected chi connectivity index (χ0v) is 28.6. The van der Waals surface area contributed by atoms with Gasteiger partial charge in [-0.1, -0.05) is 102 Å². The molecule has 8 heteroatoms. The monoisotopic (exact) mass is 632 g/mol. The summed E-state index contributed by atoms with van der Waals surface area (Å²) in [5.74, 6) is 0.607. The number of anilines is 2. The predicted octanol–water partition coefficient (Wildman–Crippen LogP) is 8.98. The van der Waals surface area contributed by atoms with E-state index in [-0.39, 0.29) is 11.4 Å². The topological polar surface area (TPSA) is 84.3 Å². The van der Waals surface area contributed by atoms with Gasteiger partial charge in [0, 0.05) is 48.3 Å². The zero-order valence-electron chi connectivity index (χ0n) is 28.6. The number of unbranched alkanes of at least 4 members (excludes halogenated alkanes) is 1. The Kier molecular flexibility index (Phi) is 11.1. The van der Waals surface area contributed by atoms with Crippen LogP contribution in [-0.4, -0.2) is 52.0 Å². The van der Waals surface area contributed by atoms with Gasteiger partial charge in [0.25, 0.3) is 0 Å². The average Bonchev–Trinajstić information content (AvgIpc) is 3.50. The smallest absolute Gasteiger partial charge is 0.324 e. The lowest BCUT2D eigenvalue weighted by Gasteiger charge is -2.26. The summed E-state index contributed by atoms with van der Waals surface area (Å²) in [5, 5.41) is 13.0. The number of benzene rings is 3. The summed E-state index contributed by atoms with van der Waals surface area (Å²) < 4.78 is 7.25. The van der Waals surface area contributed by atoms with Crippen molar-refractivity contribution in [3.63, 3.8) is 0 Å². The van der Waals surface area contributed by atoms with E-state index >= 15 is 0 Å². The Morgan fingerprint density at radius 3 is 2.21 bits per heavy atom. The number of nitrogens with zero attached hydrogens (tertiary/aromatic N) is 4. The first kappa shape index (κ1) is 33.8. The van der Waals surface area contributed by atoms with E-state index in [0.717, 1.165) is 83.1 Å². The summed E-state index contributed by atoms with van der Waals surface area (Å²) >= 11 is 0. The zero-order chi connectivity index (χ0) is 33.4. The second-order valence-corrected chi connectivity index (χ2v) is 13.1. The maximum absolute atomic E-state index is 13.4. The molecule has 0 saturated carbocycles. The Bertz CT molecular complexity index is 1760. The molecule has 2 N–H and O–H groups in total. The molecule has 47 heavy (non-hydrogen) atoms. The number of aryl methyl sites for hydroxylation is 1. The second kappa shape index (κ2) is 15.4. The average molecular weight is 633 g/mol. The van der Waals surface area contributed by atoms with Crippen molar-refractivity contribution in [2.24, 2.45) is 0 Å². The third kappa shape index (κ3) is 8.64. The normalized spacial score (nSPS) is 13.6. The van der Waals surface area contributed by atoms with Crippen molar-refractivity contribution in [1.82, 2.24) is 19.7 Å². The van der Waals surface area contributed by atoms with Crippen molar-refractivity contribution in [1.29, 1.82) is 0 Å². The van der Waals surface area contributed by atoms with Crippen LogP contribution in [0.3, 0.4) is 0 Å². The van der Waals surface area contributed by atoms with Crippen molar-refractivity contribution in [2.45, 2.75) is 66.3 Å². The van der Waals surface area contributed by atoms with Crippen LogP contribution >= 0.6 is 0 Å². The van der Waals surface area contributed by atoms with Gasteiger partial charge >= 0.3 is 6.03 Å². The fraction of sp³-hybridized carbons (Fsp3) is 0.359. The number of urea groups is 1. The summed E-state index contributed by atoms with van der Waals surface area (Å²) in [7, 11) is 0. The van der Waals surface area contributed by atoms with E-state index in [4.69, 9.17) is 14.8 Å². The molecule has 8 nitrogen and oxygen atoms in total. The summed E-state index contributed by atoms with van der Waals surface area (Å²) in [5.41, 5.74) is 6.64. The fourth-order valence-corrected chi connectivity index (χ4v) is 5.31. The summed E-state index contributed by atoms with van der Waals surface area (Å²) in [6.45, 7) is 17.0. The first-order chi connectivity index (χ1) is 22.7. The standard InChI is InChI=1S/C35H38N6O2.C4H10/c1-24-9-13-27(14-10-24)41-33(21-32(39-41)35(2,3)4)38-34(42)37-31-16-15-28(29-7-5-6-8-30(29)31)25-11-12-26(36-22-25)23-40-17-19-43-20-18-40;1-3-4-2/h5-16,21-22H,17-20,23H2,1-4H3,(H2,37,38,42);3-4H2,1-2H3. The van der Waals surface area contributed by atoms with E-state index in [1.807, 2.05) is 73.8 Å². The van der Waals surface area contributed by atoms with Crippen LogP contribution < -0.4 is 10.6 Å². The van der Waals surface area contributed by atoms with E-state index < -0.39 is 0 Å². The highest BCUT2D eigenvalue weighted by molar-refractivity contribution is 6.09. The van der Waals surface area contributed by atoms with Gasteiger partial charge in [0.2, 0.25) is 0 Å². The molecule has 2 amide bonds. The predicted molar refractivity (Wildman–Crippen MR) is 193 cm³/mol. The number of amides is 2. The molecule has 0 spiro atoms. The van der Waals surface area contributed by atoms with Crippen LogP contribution in [0.1, 0.15) is 64.4 Å². The Labute approximate surface area is 279 Å². The summed E-state index contributed by atoms with van der Waals surface area (Å²) in [6, 6.07) is 26.1. The Morgan fingerprint density at radius 2 is 1.57 bits per heavy atom. The van der Waals surface area contributed by atoms with E-state index in [1.165, 1.54) is 12.8 Å². The van der Waals surface area contributed by atoms with Gasteiger partial charge in [-0.3, -0.25) is 15.2 Å². The highest BCUT2D eigenvalue weighted by Crippen LogP contribution is 2.33. The number of carbonyl (C=O) groups excluding carboxylic acids is 1. The number of aromatic nitrogens is 3. The van der Waals surface area contributed by atoms with Crippen LogP contribution in [0.2, 0.25) is 0 Å². The van der Waals surface area contributed by atoms with Gasteiger partial charge in [-0.25, -0.2) is 9.48 Å². The molecule has 3 heterocycles. The molecule has 6 rings (SSSR count). The molecule has 0 bridgehead atoms. The van der Waals surface area contributed by atoms with Crippen LogP contribution in [0.4, 0.5) is 16.3 Å². The maximum Gasteiger partial charge on any atom is 0.324 e. The number of carbonyl (C=O) groups is 1. The van der Waals surface area contributed by atoms with E-state index in [9.17, 15) is 4.79 Å². The second-order valence-electron chi connectivity index (χ2n) is 13.1. The molecule has 2 aromatic heterocycles. The van der Waals surface area contributed by atoms with Gasteiger partial charge in [-0.05, 0) is 42.1 Å². The number of pyridine rings is 1. The number of nitrogens with one attached hydrogen (secondary N) is 2. The van der Waals surface area contributed by atoms with Crippen molar-refractivity contribution in [3.05, 3.63) is 102 Å². The quantitative estimate of drug-likeness (QED) is 0.187. The Morgan fingerprint density at radius 1 is 0.872 bits per heavy atom. The van der Waals surface area contributed by atoms with Crippen LogP contribution in [0, 0.1) is 6.92 Å². The molecule has 0 unspecified atom stereocenters. The molecule has 5 aromatic rings. The first-order valence-electron chi connectivity index (χ1n) is 16.7. The molecule has 0 atom stereocenters. The summed E-state index contributed by atoms with van der Waals surface area (Å²) in [4.78, 5) is 20.5. The molecule has 1 fully saturated rings. The van der Waals surface area contributed by atoms with Crippen LogP contribution in [0.5, 0.6) is 0 Å². The summed E-state index contributed by atoms with van der Waals surface area (Å²) in [6.07, 6.45) is 4.58. The molecular formula is C39H48N6O2. The number of hydrogen-bond donors (Lipinski definition) is 2. The van der Waals surface area contributed by atoms with Crippen LogP contribution in [0.25, 0.3) is 27.6 Å². The molecule has 1 aliphatic heterocycles. The molecule has 1 saturated heterocycles. The highest BCUT2D eigenvalue weighted by Gasteiger charge is 2.22. The third-order valence-electron chi connectivity index (χ3n) is 8.30. The van der Waals surface area contributed by atoms with Crippen molar-refractivity contribution >= 4 is 28.3 Å². The molecule has 1 aliphatic rings. The molecule has 0 aliphatic carbocycles. The SMILES string of the molecule is CCCC.Cc1ccc(-n2nc(C(C)(C)C)cc2NC(=O)Nc2ccc(-c3ccc(CN4CCOCC4)nc3)c3ccccc23)cc1. The molecular weight excluding hydrogens is 584 g/mol. The van der Waals surface area contributed by atoms with Crippen LogP contribution in [-0.2, 0) is 16.7 Å². The fourth-order valence-electron chi connectivity index (χ4n) is 5.31. The Balaban J connectivity index is 0.00000103. The van der Waals surface area contributed by atoms with Crippen molar-refractivity contribution in [3.8, 4) is 16.8 Å². The van der Waals surface area contributed by atoms with Gasteiger partial charge in [-0.15, -0.1) is 0 Å². The number of hydrogen-bond acceptors (Lipinski definition) is 5. The van der Waals surface area contributed by atoms with Gasteiger partial charge in [-0.2, -0.15) is 5.10 Å². The van der Waals surface area contributed by atoms with Crippen molar-refractivity contribution < 1.29 is 9.53 Å². The lowest BCUT2D eigenvalue weighted by molar-refractivity contribution is 0.0336. The van der Waals surface area contributed by atoms with Gasteiger partial charge < -0.3 is 10.1 Å². The Hall–Kier alpha value is -4.53. The van der Waals surface area contributed by atoms with E-state index in [2.05, 4.69) is 68.4 Å². The first-order valence-corrected chi connectivity index (χ1v) is 16.7. The number of rotatable bonds is 7. The molecule has 246 valence electrons. The lowest BCUT2D eigenvalue weighted by Crippen LogP contribution is -2.35. The van der Waals surface area contributed by atoms with Crippen LogP contribution in [0.15, 0.2) is 85.1 Å². The van der Waals surface area contributed by atoms with Gasteiger partial charge in [0.05, 0.1) is 36.0 Å². The van der Waals surface area contributed by atoms with Gasteiger partial charge in [0.15, 0.2) is 0 Å². The highest BCUT2D eigenvalue weighted by atomic mass is 16.5. The third-order valence-corrected chi connectivity index (χ3v) is 8.30. The molecule has 0 radical (unpaired) electrons. The number of ether oxygens (including phenoxy) is 1. The van der Waals surface area contributed by atoms with Gasteiger partial charge in [0.1, 0.15) is 5.82 Å². The number of morpholine rings is 1. The minimum atomic E-state index is -0.333. The minimum absolute atomic E-state index is 0.176. The lowest BCUT2D eigenvalue weighted by atomic mass is 9.92. The number of fused-ring (bicyclic) bond motifs is 1. The van der Waals surface area contributed by atoms with E-state index in [0.29, 0.717) is 5.82 Å². The minimum Gasteiger partial charge on any atom is -0.379 e. The van der Waals surface area contributed by atoms with E-state index in [1.54, 1.807) is 4.68 Å². The van der Waals surface area contributed by atoms with Crippen molar-refractivity contribution in [2.75, 3.05) is 36.9 Å². The largest absolute Gasteiger partial charge is 0.379 e.